The van der Waals surface area contributed by atoms with Crippen molar-refractivity contribution in [3.63, 3.8) is 0 Å². The van der Waals surface area contributed by atoms with Gasteiger partial charge in [-0.1, -0.05) is 11.3 Å². The summed E-state index contributed by atoms with van der Waals surface area (Å²) in [6, 6.07) is -0.370. The van der Waals surface area contributed by atoms with Crippen molar-refractivity contribution in [1.29, 1.82) is 0 Å². The quantitative estimate of drug-likeness (QED) is 0.662. The van der Waals surface area contributed by atoms with Gasteiger partial charge in [0.15, 0.2) is 15.0 Å². The Labute approximate surface area is 171 Å². The molecule has 1 N–H and O–H groups in total. The molecule has 3 aromatic heterocycles. The molecule has 154 valence electrons. The Hall–Kier alpha value is -2.73. The Kier molecular flexibility index (Phi) is 4.90. The molecular weight excluding hydrogens is 416 g/mol. The molecule has 4 rings (SSSR count). The van der Waals surface area contributed by atoms with E-state index in [-0.39, 0.29) is 12.6 Å². The predicted molar refractivity (Wildman–Crippen MR) is 110 cm³/mol. The summed E-state index contributed by atoms with van der Waals surface area (Å²) in [6.45, 7) is 0.571. The molecule has 1 fully saturated rings. The monoisotopic (exact) mass is 436 g/mol. The lowest BCUT2D eigenvalue weighted by Crippen LogP contribution is -2.34. The summed E-state index contributed by atoms with van der Waals surface area (Å²) in [5.41, 5.74) is 2.26. The van der Waals surface area contributed by atoms with Gasteiger partial charge in [-0.2, -0.15) is 5.10 Å². The molecule has 0 bridgehead atoms. The lowest BCUT2D eigenvalue weighted by Gasteiger charge is -2.15. The van der Waals surface area contributed by atoms with Crippen LogP contribution in [0.5, 0.6) is 5.88 Å². The van der Waals surface area contributed by atoms with Crippen LogP contribution in [0.15, 0.2) is 18.6 Å². The van der Waals surface area contributed by atoms with E-state index in [1.807, 2.05) is 13.2 Å². The van der Waals surface area contributed by atoms with Gasteiger partial charge in [0.25, 0.3) is 0 Å². The number of amides is 2. The molecule has 10 nitrogen and oxygen atoms in total. The maximum absolute atomic E-state index is 12.6. The second kappa shape index (κ2) is 7.26. The van der Waals surface area contributed by atoms with Crippen molar-refractivity contribution in [2.75, 3.05) is 31.8 Å². The highest BCUT2D eigenvalue weighted by molar-refractivity contribution is 7.91. The number of methoxy groups -OCH3 is 1. The molecule has 4 heterocycles. The molecule has 0 aromatic carbocycles. The number of aryl methyl sites for hydroxylation is 1. The van der Waals surface area contributed by atoms with Crippen molar-refractivity contribution in [1.82, 2.24) is 24.6 Å². The number of urea groups is 1. The van der Waals surface area contributed by atoms with Crippen LogP contribution < -0.4 is 10.1 Å². The Bertz CT molecular complexity index is 1190. The van der Waals surface area contributed by atoms with Gasteiger partial charge in [-0.15, -0.1) is 0 Å². The van der Waals surface area contributed by atoms with Gasteiger partial charge >= 0.3 is 6.03 Å². The minimum Gasteiger partial charge on any atom is -0.479 e. The molecule has 1 aliphatic heterocycles. The Morgan fingerprint density at radius 1 is 1.38 bits per heavy atom. The normalized spacial score (nSPS) is 17.1. The van der Waals surface area contributed by atoms with E-state index >= 15 is 0 Å². The molecule has 29 heavy (non-hydrogen) atoms. The summed E-state index contributed by atoms with van der Waals surface area (Å²) in [5, 5.41) is 6.84. The molecule has 0 spiro atoms. The Morgan fingerprint density at radius 3 is 2.79 bits per heavy atom. The van der Waals surface area contributed by atoms with Gasteiger partial charge in [-0.25, -0.2) is 23.2 Å². The molecule has 1 atom stereocenters. The number of sulfone groups is 1. The van der Waals surface area contributed by atoms with E-state index < -0.39 is 15.1 Å². The van der Waals surface area contributed by atoms with Crippen LogP contribution in [0.3, 0.4) is 0 Å². The van der Waals surface area contributed by atoms with Crippen molar-refractivity contribution in [2.45, 2.75) is 11.7 Å². The first-order valence-corrected chi connectivity index (χ1v) is 11.6. The highest BCUT2D eigenvalue weighted by atomic mass is 32.2. The summed E-state index contributed by atoms with van der Waals surface area (Å²) < 4.78 is 31.3. The van der Waals surface area contributed by atoms with E-state index in [9.17, 15) is 13.2 Å². The van der Waals surface area contributed by atoms with Gasteiger partial charge in [-0.05, 0) is 6.42 Å². The zero-order valence-electron chi connectivity index (χ0n) is 16.1. The first kappa shape index (κ1) is 19.6. The number of nitrogens with zero attached hydrogens (tertiary/aromatic N) is 5. The molecule has 2 amide bonds. The van der Waals surface area contributed by atoms with Gasteiger partial charge < -0.3 is 9.64 Å². The van der Waals surface area contributed by atoms with Crippen LogP contribution in [-0.2, 0) is 16.9 Å². The summed E-state index contributed by atoms with van der Waals surface area (Å²) in [6.07, 6.45) is 6.94. The number of ether oxygens (including phenoxy) is 1. The summed E-state index contributed by atoms with van der Waals surface area (Å²) >= 11 is 1.31. The number of likely N-dealkylation sites (tertiary alicyclic amines) is 1. The summed E-state index contributed by atoms with van der Waals surface area (Å²) in [7, 11) is 0.169. The topological polar surface area (TPSA) is 119 Å². The minimum atomic E-state index is -3.17. The number of hydrogen-bond donors (Lipinski definition) is 1. The molecule has 1 aliphatic rings. The number of fused-ring (bicyclic) bond motifs is 1. The third-order valence-electron chi connectivity index (χ3n) is 4.85. The second-order valence-corrected chi connectivity index (χ2v) is 10.2. The predicted octanol–water partition coefficient (Wildman–Crippen LogP) is 1.75. The molecule has 0 aliphatic carbocycles. The standard InChI is InChI=1S/C17H20N6O4S2/c1-22-8-10(6-19-22)12-7-18-15(27-2)13-14(12)28-16(20-13)21-17(24)23-5-4-11(9-23)29(3,25)26/h6-8,11H,4-5,9H2,1-3H3,(H,20,21,24)/t11-/m0/s1. The number of thiazole rings is 1. The number of pyridine rings is 1. The average molecular weight is 437 g/mol. The van der Waals surface area contributed by atoms with Gasteiger partial charge in [-0.3, -0.25) is 10.00 Å². The van der Waals surface area contributed by atoms with E-state index in [1.54, 1.807) is 17.1 Å². The van der Waals surface area contributed by atoms with Crippen LogP contribution in [0.1, 0.15) is 6.42 Å². The first-order valence-electron chi connectivity index (χ1n) is 8.83. The lowest BCUT2D eigenvalue weighted by atomic mass is 10.1. The number of anilines is 1. The molecule has 1 saturated heterocycles. The molecule has 0 unspecified atom stereocenters. The SMILES string of the molecule is COc1ncc(-c2cnn(C)c2)c2sc(NC(=O)N3CC[C@H](S(C)(=O)=O)C3)nc12. The fourth-order valence-corrected chi connectivity index (χ4v) is 5.26. The molecule has 0 radical (unpaired) electrons. The van der Waals surface area contributed by atoms with Crippen LogP contribution in [0.4, 0.5) is 9.93 Å². The Morgan fingerprint density at radius 2 is 2.17 bits per heavy atom. The van der Waals surface area contributed by atoms with E-state index in [0.717, 1.165) is 15.8 Å². The van der Waals surface area contributed by atoms with Crippen LogP contribution >= 0.6 is 11.3 Å². The van der Waals surface area contributed by atoms with Gasteiger partial charge in [0.05, 0.1) is 23.3 Å². The number of carbonyl (C=O) groups excluding carboxylic acids is 1. The number of nitrogens with one attached hydrogen (secondary N) is 1. The molecule has 0 saturated carbocycles. The van der Waals surface area contributed by atoms with Crippen molar-refractivity contribution in [2.24, 2.45) is 7.05 Å². The van der Waals surface area contributed by atoms with Gasteiger partial charge in [0, 0.05) is 49.9 Å². The zero-order chi connectivity index (χ0) is 20.8. The lowest BCUT2D eigenvalue weighted by molar-refractivity contribution is 0.222. The van der Waals surface area contributed by atoms with Gasteiger partial charge in [0.2, 0.25) is 5.88 Å². The van der Waals surface area contributed by atoms with Crippen molar-refractivity contribution in [3.8, 4) is 17.0 Å². The van der Waals surface area contributed by atoms with Crippen molar-refractivity contribution in [3.05, 3.63) is 18.6 Å². The molecule has 3 aromatic rings. The molecular formula is C17H20N6O4S2. The third-order valence-corrected chi connectivity index (χ3v) is 7.45. The number of hydrogen-bond acceptors (Lipinski definition) is 8. The zero-order valence-corrected chi connectivity index (χ0v) is 17.7. The van der Waals surface area contributed by atoms with E-state index in [2.05, 4.69) is 20.4 Å². The summed E-state index contributed by atoms with van der Waals surface area (Å²) in [4.78, 5) is 22.9. The molecule has 12 heteroatoms. The van der Waals surface area contributed by atoms with Crippen LogP contribution in [-0.4, -0.2) is 70.8 Å². The largest absolute Gasteiger partial charge is 0.479 e. The smallest absolute Gasteiger partial charge is 0.323 e. The van der Waals surface area contributed by atoms with E-state index in [4.69, 9.17) is 4.74 Å². The number of rotatable bonds is 4. The minimum absolute atomic E-state index is 0.182. The maximum Gasteiger partial charge on any atom is 0.323 e. The maximum atomic E-state index is 12.6. The Balaban J connectivity index is 1.63. The van der Waals surface area contributed by atoms with Crippen molar-refractivity contribution >= 4 is 42.6 Å². The fourth-order valence-electron chi connectivity index (χ4n) is 3.29. The van der Waals surface area contributed by atoms with Crippen LogP contribution in [0.2, 0.25) is 0 Å². The number of aromatic nitrogens is 4. The third kappa shape index (κ3) is 3.77. The average Bonchev–Trinajstić information content (AvgIpc) is 3.39. The fraction of sp³-hybridized carbons (Fsp3) is 0.412. The van der Waals surface area contributed by atoms with Crippen LogP contribution in [0, 0.1) is 0 Å². The highest BCUT2D eigenvalue weighted by Crippen LogP contribution is 2.38. The van der Waals surface area contributed by atoms with Gasteiger partial charge in [0.1, 0.15) is 5.52 Å². The van der Waals surface area contributed by atoms with Crippen LogP contribution in [0.25, 0.3) is 21.3 Å². The summed E-state index contributed by atoms with van der Waals surface area (Å²) in [5.74, 6) is 0.364. The number of carbonyl (C=O) groups is 1. The highest BCUT2D eigenvalue weighted by Gasteiger charge is 2.33. The first-order chi connectivity index (χ1) is 13.8. The second-order valence-electron chi connectivity index (χ2n) is 6.90. The van der Waals surface area contributed by atoms with Crippen molar-refractivity contribution < 1.29 is 17.9 Å². The van der Waals surface area contributed by atoms with E-state index in [1.165, 1.54) is 29.6 Å². The van der Waals surface area contributed by atoms with E-state index in [0.29, 0.717) is 29.5 Å².